The van der Waals surface area contributed by atoms with Gasteiger partial charge in [-0.05, 0) is 19.9 Å². The molecule has 0 aliphatic carbocycles. The van der Waals surface area contributed by atoms with Gasteiger partial charge < -0.3 is 9.84 Å². The lowest BCUT2D eigenvalue weighted by atomic mass is 10.2. The van der Waals surface area contributed by atoms with E-state index in [9.17, 15) is 4.79 Å². The minimum Gasteiger partial charge on any atom is -0.432 e. The topological polar surface area (TPSA) is 46.5 Å². The van der Waals surface area contributed by atoms with Gasteiger partial charge in [0.05, 0.1) is 12.4 Å². The Labute approximate surface area is 66.0 Å². The van der Waals surface area contributed by atoms with Crippen molar-refractivity contribution in [1.82, 2.24) is 0 Å². The molecular formula is C8H12O3. The van der Waals surface area contributed by atoms with E-state index >= 15 is 0 Å². The van der Waals surface area contributed by atoms with E-state index in [0.29, 0.717) is 5.57 Å². The third-order valence-corrected chi connectivity index (χ3v) is 1.00. The molecule has 0 aromatic rings. The van der Waals surface area contributed by atoms with Gasteiger partial charge in [-0.1, -0.05) is 6.58 Å². The summed E-state index contributed by atoms with van der Waals surface area (Å²) in [6, 6.07) is 0. The third kappa shape index (κ3) is 4.33. The number of ether oxygens (including phenoxy) is 1. The van der Waals surface area contributed by atoms with E-state index < -0.39 is 12.1 Å². The quantitative estimate of drug-likeness (QED) is 0.376. The first kappa shape index (κ1) is 9.91. The van der Waals surface area contributed by atoms with Crippen molar-refractivity contribution in [2.75, 3.05) is 0 Å². The molecule has 0 aliphatic rings. The molecule has 0 heterocycles. The normalized spacial score (nSPS) is 13.9. The molecule has 0 spiro atoms. The largest absolute Gasteiger partial charge is 0.432 e. The molecule has 0 bridgehead atoms. The smallest absolute Gasteiger partial charge is 0.338 e. The van der Waals surface area contributed by atoms with E-state index in [1.165, 1.54) is 6.08 Å². The van der Waals surface area contributed by atoms with Crippen LogP contribution in [0.5, 0.6) is 0 Å². The van der Waals surface area contributed by atoms with E-state index in [0.717, 1.165) is 6.26 Å². The highest BCUT2D eigenvalue weighted by Crippen LogP contribution is 1.98. The maximum absolute atomic E-state index is 10.8. The van der Waals surface area contributed by atoms with Gasteiger partial charge in [-0.25, -0.2) is 4.79 Å². The van der Waals surface area contributed by atoms with Gasteiger partial charge in [0.25, 0.3) is 0 Å². The molecule has 1 unspecified atom stereocenters. The molecule has 0 fully saturated rings. The maximum atomic E-state index is 10.8. The van der Waals surface area contributed by atoms with E-state index in [-0.39, 0.29) is 0 Å². The monoisotopic (exact) mass is 156 g/mol. The molecule has 0 aromatic carbocycles. The van der Waals surface area contributed by atoms with E-state index in [1.807, 2.05) is 0 Å². The Balaban J connectivity index is 4.11. The van der Waals surface area contributed by atoms with Gasteiger partial charge in [0.2, 0.25) is 0 Å². The van der Waals surface area contributed by atoms with Crippen molar-refractivity contribution < 1.29 is 14.6 Å². The molecule has 0 radical (unpaired) electrons. The molecule has 62 valence electrons. The van der Waals surface area contributed by atoms with Crippen molar-refractivity contribution >= 4 is 5.97 Å². The Bertz CT molecular complexity index is 180. The van der Waals surface area contributed by atoms with Crippen molar-refractivity contribution in [2.24, 2.45) is 0 Å². The van der Waals surface area contributed by atoms with Crippen LogP contribution in [0, 0.1) is 0 Å². The van der Waals surface area contributed by atoms with Crippen LogP contribution in [0.15, 0.2) is 24.5 Å². The van der Waals surface area contributed by atoms with Crippen LogP contribution in [0.2, 0.25) is 0 Å². The van der Waals surface area contributed by atoms with Crippen LogP contribution < -0.4 is 0 Å². The molecule has 0 saturated carbocycles. The first-order valence-corrected chi connectivity index (χ1v) is 3.26. The van der Waals surface area contributed by atoms with E-state index in [1.54, 1.807) is 13.8 Å². The predicted molar refractivity (Wildman–Crippen MR) is 41.7 cm³/mol. The number of carbonyl (C=O) groups is 1. The lowest BCUT2D eigenvalue weighted by Gasteiger charge is -1.99. The first-order chi connectivity index (χ1) is 5.07. The van der Waals surface area contributed by atoms with Crippen molar-refractivity contribution in [3.63, 3.8) is 0 Å². The third-order valence-electron chi connectivity index (χ3n) is 1.00. The molecule has 0 aromatic heterocycles. The van der Waals surface area contributed by atoms with E-state index in [4.69, 9.17) is 5.11 Å². The summed E-state index contributed by atoms with van der Waals surface area (Å²) >= 11 is 0. The lowest BCUT2D eigenvalue weighted by molar-refractivity contribution is -0.133. The molecule has 3 nitrogen and oxygen atoms in total. The van der Waals surface area contributed by atoms with Gasteiger partial charge in [0, 0.05) is 5.57 Å². The van der Waals surface area contributed by atoms with Crippen LogP contribution in [0.1, 0.15) is 13.8 Å². The molecular weight excluding hydrogens is 144 g/mol. The minimum atomic E-state index is -0.632. The van der Waals surface area contributed by atoms with Gasteiger partial charge in [-0.3, -0.25) is 0 Å². The van der Waals surface area contributed by atoms with Gasteiger partial charge in [-0.15, -0.1) is 0 Å². The molecule has 1 atom stereocenters. The summed E-state index contributed by atoms with van der Waals surface area (Å²) < 4.78 is 4.45. The Hall–Kier alpha value is -1.09. The predicted octanol–water partition coefficient (Wildman–Crippen LogP) is 1.00. The van der Waals surface area contributed by atoms with E-state index in [2.05, 4.69) is 11.3 Å². The Morgan fingerprint density at radius 3 is 2.64 bits per heavy atom. The van der Waals surface area contributed by atoms with Crippen LogP contribution in [-0.4, -0.2) is 17.2 Å². The van der Waals surface area contributed by atoms with Crippen LogP contribution in [0.4, 0.5) is 0 Å². The summed E-state index contributed by atoms with van der Waals surface area (Å²) in [6.45, 7) is 6.36. The Kier molecular flexibility index (Phi) is 4.22. The Morgan fingerprint density at radius 2 is 2.27 bits per heavy atom. The second-order valence-electron chi connectivity index (χ2n) is 2.16. The second-order valence-corrected chi connectivity index (χ2v) is 2.16. The average molecular weight is 156 g/mol. The second kappa shape index (κ2) is 4.68. The maximum Gasteiger partial charge on any atom is 0.338 e. The van der Waals surface area contributed by atoms with Crippen LogP contribution >= 0.6 is 0 Å². The summed E-state index contributed by atoms with van der Waals surface area (Å²) in [5.74, 6) is -0.485. The average Bonchev–Trinajstić information content (AvgIpc) is 1.86. The highest BCUT2D eigenvalue weighted by atomic mass is 16.5. The first-order valence-electron chi connectivity index (χ1n) is 3.26. The zero-order chi connectivity index (χ0) is 8.85. The molecule has 0 aliphatic heterocycles. The van der Waals surface area contributed by atoms with Crippen LogP contribution in [-0.2, 0) is 9.53 Å². The summed E-state index contributed by atoms with van der Waals surface area (Å²) in [7, 11) is 0. The number of aliphatic hydroxyl groups excluding tert-OH is 1. The summed E-state index contributed by atoms with van der Waals surface area (Å²) in [4.78, 5) is 10.8. The number of hydrogen-bond acceptors (Lipinski definition) is 3. The van der Waals surface area contributed by atoms with Gasteiger partial charge in [0.1, 0.15) is 0 Å². The molecule has 3 heteroatoms. The number of esters is 1. The molecule has 0 saturated heterocycles. The van der Waals surface area contributed by atoms with Gasteiger partial charge >= 0.3 is 5.97 Å². The fourth-order valence-corrected chi connectivity index (χ4v) is 0.598. The standard InChI is InChI=1S/C8H12O3/c1-4-11-8(10)6(2)5-7(3)9/h4-5,7,9H,1H2,2-3H3. The van der Waals surface area contributed by atoms with Crippen molar-refractivity contribution in [2.45, 2.75) is 20.0 Å². The SMILES string of the molecule is C=COC(=O)C(C)=CC(C)O. The summed E-state index contributed by atoms with van der Waals surface area (Å²) in [6.07, 6.45) is 1.83. The summed E-state index contributed by atoms with van der Waals surface area (Å²) in [5, 5.41) is 8.83. The molecule has 0 rings (SSSR count). The summed E-state index contributed by atoms with van der Waals surface area (Å²) in [5.41, 5.74) is 0.375. The zero-order valence-electron chi connectivity index (χ0n) is 6.70. The lowest BCUT2D eigenvalue weighted by Crippen LogP contribution is -2.04. The molecule has 1 N–H and O–H groups in total. The minimum absolute atomic E-state index is 0.375. The fraction of sp³-hybridized carbons (Fsp3) is 0.375. The van der Waals surface area contributed by atoms with Crippen molar-refractivity contribution in [3.8, 4) is 0 Å². The van der Waals surface area contributed by atoms with Gasteiger partial charge in [-0.2, -0.15) is 0 Å². The van der Waals surface area contributed by atoms with Crippen LogP contribution in [0.3, 0.4) is 0 Å². The zero-order valence-corrected chi connectivity index (χ0v) is 6.70. The number of carbonyl (C=O) groups excluding carboxylic acids is 1. The van der Waals surface area contributed by atoms with Crippen LogP contribution in [0.25, 0.3) is 0 Å². The molecule has 0 amide bonds. The highest BCUT2D eigenvalue weighted by Gasteiger charge is 2.03. The molecule has 11 heavy (non-hydrogen) atoms. The highest BCUT2D eigenvalue weighted by molar-refractivity contribution is 5.88. The number of aliphatic hydroxyl groups is 1. The number of hydrogen-bond donors (Lipinski definition) is 1. The number of rotatable bonds is 3. The van der Waals surface area contributed by atoms with Gasteiger partial charge in [0.15, 0.2) is 0 Å². The van der Waals surface area contributed by atoms with Crippen molar-refractivity contribution in [3.05, 3.63) is 24.5 Å². The van der Waals surface area contributed by atoms with Crippen molar-refractivity contribution in [1.29, 1.82) is 0 Å². The Morgan fingerprint density at radius 1 is 1.73 bits per heavy atom. The fourth-order valence-electron chi connectivity index (χ4n) is 0.598.